The lowest BCUT2D eigenvalue weighted by Crippen LogP contribution is -2.14. The van der Waals surface area contributed by atoms with Crippen LogP contribution < -0.4 is 9.47 Å². The first-order chi connectivity index (χ1) is 17.7. The van der Waals surface area contributed by atoms with Crippen LogP contribution in [-0.2, 0) is 0 Å². The second-order valence-corrected chi connectivity index (χ2v) is 11.6. The van der Waals surface area contributed by atoms with Crippen LogP contribution in [0.1, 0.15) is 104 Å². The number of hydrogen-bond acceptors (Lipinski definition) is 2. The summed E-state index contributed by atoms with van der Waals surface area (Å²) in [5.41, 5.74) is 2.45. The minimum absolute atomic E-state index is 0.832. The molecule has 0 unspecified atom stereocenters. The second-order valence-electron chi connectivity index (χ2n) is 11.6. The lowest BCUT2D eigenvalue weighted by molar-refractivity contribution is 0.234. The Balaban J connectivity index is 1.11. The van der Waals surface area contributed by atoms with Gasteiger partial charge in [-0.3, -0.25) is 0 Å². The van der Waals surface area contributed by atoms with Gasteiger partial charge in [0.1, 0.15) is 11.5 Å². The van der Waals surface area contributed by atoms with Crippen molar-refractivity contribution in [3.8, 4) is 22.6 Å². The highest BCUT2D eigenvalue weighted by Crippen LogP contribution is 2.34. The summed E-state index contributed by atoms with van der Waals surface area (Å²) in [6.45, 7) is 6.35. The lowest BCUT2D eigenvalue weighted by atomic mass is 9.79. The summed E-state index contributed by atoms with van der Waals surface area (Å²) >= 11 is 0. The van der Waals surface area contributed by atoms with E-state index < -0.39 is 0 Å². The van der Waals surface area contributed by atoms with Crippen LogP contribution in [0.3, 0.4) is 0 Å². The Kier molecular flexibility index (Phi) is 11.1. The lowest BCUT2D eigenvalue weighted by Gasteiger charge is -2.27. The minimum atomic E-state index is 0.832. The third-order valence-corrected chi connectivity index (χ3v) is 9.18. The van der Waals surface area contributed by atoms with E-state index in [1.165, 1.54) is 101 Å². The van der Waals surface area contributed by atoms with Gasteiger partial charge in [-0.2, -0.15) is 0 Å². The maximum absolute atomic E-state index is 6.04. The molecule has 0 aromatic heterocycles. The first-order valence-electron chi connectivity index (χ1n) is 15.2. The van der Waals surface area contributed by atoms with Crippen molar-refractivity contribution in [1.82, 2.24) is 0 Å². The van der Waals surface area contributed by atoms with Gasteiger partial charge in [-0.15, -0.1) is 0 Å². The zero-order valence-electron chi connectivity index (χ0n) is 23.1. The predicted octanol–water partition coefficient (Wildman–Crippen LogP) is 10.1. The topological polar surface area (TPSA) is 18.5 Å². The summed E-state index contributed by atoms with van der Waals surface area (Å²) in [4.78, 5) is 0. The third kappa shape index (κ3) is 8.56. The number of benzene rings is 2. The van der Waals surface area contributed by atoms with Crippen LogP contribution in [0, 0.1) is 23.7 Å². The van der Waals surface area contributed by atoms with E-state index in [2.05, 4.69) is 62.4 Å². The molecule has 0 saturated heterocycles. The van der Waals surface area contributed by atoms with E-state index in [-0.39, 0.29) is 0 Å². The van der Waals surface area contributed by atoms with E-state index in [9.17, 15) is 0 Å². The molecule has 2 saturated carbocycles. The first-order valence-corrected chi connectivity index (χ1v) is 15.2. The molecule has 2 aromatic rings. The predicted molar refractivity (Wildman–Crippen MR) is 153 cm³/mol. The van der Waals surface area contributed by atoms with E-state index in [1.807, 2.05) is 0 Å². The third-order valence-electron chi connectivity index (χ3n) is 9.18. The van der Waals surface area contributed by atoms with Gasteiger partial charge in [-0.05, 0) is 84.7 Å². The molecule has 0 amide bonds. The highest BCUT2D eigenvalue weighted by molar-refractivity contribution is 5.64. The summed E-state index contributed by atoms with van der Waals surface area (Å²) in [7, 11) is 0. The minimum Gasteiger partial charge on any atom is -0.494 e. The molecule has 2 fully saturated rings. The van der Waals surface area contributed by atoms with Gasteiger partial charge in [-0.1, -0.05) is 102 Å². The number of rotatable bonds is 13. The molecule has 4 rings (SSSR count). The van der Waals surface area contributed by atoms with E-state index in [0.717, 1.165) is 48.4 Å². The molecule has 0 spiro atoms. The molecule has 0 radical (unpaired) electrons. The normalized spacial score (nSPS) is 24.4. The molecule has 2 heteroatoms. The van der Waals surface area contributed by atoms with Gasteiger partial charge >= 0.3 is 0 Å². The van der Waals surface area contributed by atoms with Crippen molar-refractivity contribution in [2.24, 2.45) is 23.7 Å². The van der Waals surface area contributed by atoms with Crippen LogP contribution in [0.4, 0.5) is 0 Å². The largest absolute Gasteiger partial charge is 0.494 e. The quantitative estimate of drug-likeness (QED) is 0.260. The van der Waals surface area contributed by atoms with Gasteiger partial charge in [-0.25, -0.2) is 0 Å². The number of hydrogen-bond donors (Lipinski definition) is 0. The molecule has 2 aliphatic carbocycles. The zero-order valence-corrected chi connectivity index (χ0v) is 23.1. The smallest absolute Gasteiger partial charge is 0.119 e. The first kappa shape index (κ1) is 27.1. The Labute approximate surface area is 221 Å². The van der Waals surface area contributed by atoms with Crippen molar-refractivity contribution in [3.05, 3.63) is 48.5 Å². The highest BCUT2D eigenvalue weighted by atomic mass is 16.5. The van der Waals surface area contributed by atoms with E-state index in [0.29, 0.717) is 0 Å². The molecule has 0 N–H and O–H groups in total. The molecule has 0 aliphatic heterocycles. The van der Waals surface area contributed by atoms with E-state index >= 15 is 0 Å². The van der Waals surface area contributed by atoms with Crippen molar-refractivity contribution in [2.75, 3.05) is 13.2 Å². The van der Waals surface area contributed by atoms with Crippen molar-refractivity contribution in [1.29, 1.82) is 0 Å². The van der Waals surface area contributed by atoms with Crippen LogP contribution in [0.2, 0.25) is 0 Å². The summed E-state index contributed by atoms with van der Waals surface area (Å²) < 4.78 is 12.1. The summed E-state index contributed by atoms with van der Waals surface area (Å²) in [5.74, 6) is 5.80. The van der Waals surface area contributed by atoms with Gasteiger partial charge in [0.05, 0.1) is 13.2 Å². The van der Waals surface area contributed by atoms with Crippen LogP contribution in [0.15, 0.2) is 48.5 Å². The summed E-state index contributed by atoms with van der Waals surface area (Å²) in [6, 6.07) is 17.1. The molecule has 0 atom stereocenters. The van der Waals surface area contributed by atoms with E-state index in [1.54, 1.807) is 0 Å². The molecule has 2 aliphatic rings. The van der Waals surface area contributed by atoms with Gasteiger partial charge in [0.15, 0.2) is 0 Å². The molecular formula is C34H50O2. The Hall–Kier alpha value is -1.96. The maximum atomic E-state index is 6.04. The van der Waals surface area contributed by atoms with Crippen LogP contribution >= 0.6 is 0 Å². The maximum Gasteiger partial charge on any atom is 0.119 e. The summed E-state index contributed by atoms with van der Waals surface area (Å²) in [5, 5.41) is 0. The van der Waals surface area contributed by atoms with Crippen LogP contribution in [0.5, 0.6) is 11.5 Å². The molecule has 36 heavy (non-hydrogen) atoms. The van der Waals surface area contributed by atoms with Gasteiger partial charge in [0.25, 0.3) is 0 Å². The molecule has 0 heterocycles. The van der Waals surface area contributed by atoms with Crippen molar-refractivity contribution >= 4 is 0 Å². The Morgan fingerprint density at radius 2 is 0.833 bits per heavy atom. The Morgan fingerprint density at radius 3 is 1.17 bits per heavy atom. The fourth-order valence-electron chi connectivity index (χ4n) is 6.47. The van der Waals surface area contributed by atoms with Gasteiger partial charge < -0.3 is 9.47 Å². The monoisotopic (exact) mass is 490 g/mol. The summed E-state index contributed by atoms with van der Waals surface area (Å²) in [6.07, 6.45) is 19.2. The highest BCUT2D eigenvalue weighted by Gasteiger charge is 2.20. The standard InChI is InChI=1S/C34H50O2/c1-3-27-9-13-29(14-10-27)7-5-25-35-33-21-17-31(18-22-33)32-19-23-34(24-20-32)36-26-6-8-30-15-11-28(4-2)12-16-30/h17-24,27-30H,3-16,25-26H2,1-2H3/t27-,28-,29-,30-. The van der Waals surface area contributed by atoms with Crippen LogP contribution in [-0.4, -0.2) is 13.2 Å². The Bertz CT molecular complexity index is 766. The molecule has 198 valence electrons. The van der Waals surface area contributed by atoms with Gasteiger partial charge in [0.2, 0.25) is 0 Å². The fourth-order valence-corrected chi connectivity index (χ4v) is 6.47. The van der Waals surface area contributed by atoms with Crippen molar-refractivity contribution in [2.45, 2.75) is 104 Å². The number of ether oxygens (including phenoxy) is 2. The molecule has 2 aromatic carbocycles. The average molecular weight is 491 g/mol. The molecule has 0 bridgehead atoms. The molecule has 2 nitrogen and oxygen atoms in total. The SMILES string of the molecule is CC[C@H]1CC[C@H](CCCOc2ccc(-c3ccc(OCCC[C@H]4CC[C@H](CC)CC4)cc3)cc2)CC1. The van der Waals surface area contributed by atoms with Crippen molar-refractivity contribution < 1.29 is 9.47 Å². The molecular weight excluding hydrogens is 440 g/mol. The van der Waals surface area contributed by atoms with E-state index in [4.69, 9.17) is 9.47 Å². The zero-order chi connectivity index (χ0) is 25.0. The van der Waals surface area contributed by atoms with Gasteiger partial charge in [0, 0.05) is 0 Å². The Morgan fingerprint density at radius 1 is 0.500 bits per heavy atom. The van der Waals surface area contributed by atoms with Crippen LogP contribution in [0.25, 0.3) is 11.1 Å². The average Bonchev–Trinajstić information content (AvgIpc) is 2.95. The second kappa shape index (κ2) is 14.7. The van der Waals surface area contributed by atoms with Crippen molar-refractivity contribution in [3.63, 3.8) is 0 Å². The fraction of sp³-hybridized carbons (Fsp3) is 0.647.